The first-order valence-electron chi connectivity index (χ1n) is 9.01. The minimum absolute atomic E-state index is 0.0496. The fourth-order valence-corrected chi connectivity index (χ4v) is 3.04. The molecule has 10 heteroatoms. The average Bonchev–Trinajstić information content (AvgIpc) is 2.69. The van der Waals surface area contributed by atoms with Gasteiger partial charge >= 0.3 is 12.4 Å². The molecule has 0 bridgehead atoms. The van der Waals surface area contributed by atoms with Crippen LogP contribution in [0.1, 0.15) is 29.2 Å². The van der Waals surface area contributed by atoms with Crippen molar-refractivity contribution in [2.75, 3.05) is 19.0 Å². The van der Waals surface area contributed by atoms with E-state index in [0.29, 0.717) is 0 Å². The molecule has 0 radical (unpaired) electrons. The van der Waals surface area contributed by atoms with Gasteiger partial charge in [-0.25, -0.2) is 0 Å². The summed E-state index contributed by atoms with van der Waals surface area (Å²) < 4.78 is 79.4. The standard InChI is InChI=1S/C21H19F6N3O/c1-13(19(31)29(2)3)30(12-14-5-4-6-16(9-14)20(22,23)24)17-8-7-15(11-28)18(10-17)21(25,26)27/h4-10,13H,12H2,1-3H3. The summed E-state index contributed by atoms with van der Waals surface area (Å²) in [4.78, 5) is 15.0. The molecular formula is C21H19F6N3O. The molecule has 31 heavy (non-hydrogen) atoms. The largest absolute Gasteiger partial charge is 0.417 e. The molecule has 166 valence electrons. The highest BCUT2D eigenvalue weighted by Crippen LogP contribution is 2.36. The Balaban J connectivity index is 2.58. The lowest BCUT2D eigenvalue weighted by atomic mass is 10.0. The van der Waals surface area contributed by atoms with Crippen LogP contribution in [-0.4, -0.2) is 30.9 Å². The zero-order chi connectivity index (χ0) is 23.6. The summed E-state index contributed by atoms with van der Waals surface area (Å²) in [5.74, 6) is -0.454. The lowest BCUT2D eigenvalue weighted by molar-refractivity contribution is -0.138. The highest BCUT2D eigenvalue weighted by atomic mass is 19.4. The van der Waals surface area contributed by atoms with E-state index < -0.39 is 41.0 Å². The van der Waals surface area contributed by atoms with Crippen LogP contribution in [0.25, 0.3) is 0 Å². The van der Waals surface area contributed by atoms with E-state index in [2.05, 4.69) is 0 Å². The third kappa shape index (κ3) is 5.69. The Hall–Kier alpha value is -3.22. The van der Waals surface area contributed by atoms with E-state index in [1.165, 1.54) is 55.1 Å². The number of hydrogen-bond donors (Lipinski definition) is 0. The van der Waals surface area contributed by atoms with E-state index >= 15 is 0 Å². The van der Waals surface area contributed by atoms with Crippen LogP contribution in [0.4, 0.5) is 32.0 Å². The van der Waals surface area contributed by atoms with E-state index in [1.54, 1.807) is 0 Å². The molecule has 0 aromatic heterocycles. The van der Waals surface area contributed by atoms with Gasteiger partial charge in [-0.3, -0.25) is 4.79 Å². The lowest BCUT2D eigenvalue weighted by Crippen LogP contribution is -2.44. The maximum Gasteiger partial charge on any atom is 0.417 e. The van der Waals surface area contributed by atoms with Gasteiger partial charge < -0.3 is 9.80 Å². The second-order valence-corrected chi connectivity index (χ2v) is 7.07. The summed E-state index contributed by atoms with van der Waals surface area (Å²) in [6.45, 7) is 1.19. The first-order chi connectivity index (χ1) is 14.3. The topological polar surface area (TPSA) is 47.3 Å². The van der Waals surface area contributed by atoms with Crippen LogP contribution >= 0.6 is 0 Å². The Morgan fingerprint density at radius 2 is 1.68 bits per heavy atom. The van der Waals surface area contributed by atoms with Crippen molar-refractivity contribution in [1.82, 2.24) is 4.90 Å². The summed E-state index contributed by atoms with van der Waals surface area (Å²) >= 11 is 0. The minimum Gasteiger partial charge on any atom is -0.355 e. The highest BCUT2D eigenvalue weighted by Gasteiger charge is 2.35. The first kappa shape index (κ1) is 24.1. The van der Waals surface area contributed by atoms with E-state index in [4.69, 9.17) is 5.26 Å². The Morgan fingerprint density at radius 3 is 2.19 bits per heavy atom. The Bertz CT molecular complexity index is 992. The monoisotopic (exact) mass is 443 g/mol. The second kappa shape index (κ2) is 8.88. The van der Waals surface area contributed by atoms with Gasteiger partial charge in [-0.15, -0.1) is 0 Å². The molecule has 0 N–H and O–H groups in total. The van der Waals surface area contributed by atoms with Crippen molar-refractivity contribution in [3.05, 3.63) is 64.7 Å². The Morgan fingerprint density at radius 1 is 1.03 bits per heavy atom. The molecule has 0 aliphatic carbocycles. The van der Waals surface area contributed by atoms with Crippen LogP contribution in [0.5, 0.6) is 0 Å². The average molecular weight is 443 g/mol. The number of anilines is 1. The SMILES string of the molecule is CC(C(=O)N(C)C)N(Cc1cccc(C(F)(F)F)c1)c1ccc(C#N)c(C(F)(F)F)c1. The van der Waals surface area contributed by atoms with Crippen LogP contribution in [-0.2, 0) is 23.7 Å². The fraction of sp³-hybridized carbons (Fsp3) is 0.333. The molecule has 0 saturated heterocycles. The zero-order valence-corrected chi connectivity index (χ0v) is 16.8. The van der Waals surface area contributed by atoms with Gasteiger partial charge in [0.05, 0.1) is 22.8 Å². The second-order valence-electron chi connectivity index (χ2n) is 7.07. The number of nitriles is 1. The van der Waals surface area contributed by atoms with E-state index in [0.717, 1.165) is 24.3 Å². The normalized spacial score (nSPS) is 12.8. The molecule has 0 saturated carbocycles. The molecule has 0 fully saturated rings. The maximum absolute atomic E-state index is 13.4. The quantitative estimate of drug-likeness (QED) is 0.606. The zero-order valence-electron chi connectivity index (χ0n) is 16.8. The van der Waals surface area contributed by atoms with Crippen molar-refractivity contribution >= 4 is 11.6 Å². The van der Waals surface area contributed by atoms with E-state index in [9.17, 15) is 31.1 Å². The molecule has 1 amide bonds. The van der Waals surface area contributed by atoms with Crippen LogP contribution in [0.2, 0.25) is 0 Å². The van der Waals surface area contributed by atoms with Crippen molar-refractivity contribution in [3.8, 4) is 6.07 Å². The summed E-state index contributed by atoms with van der Waals surface area (Å²) in [5.41, 5.74) is -2.59. The van der Waals surface area contributed by atoms with E-state index in [1.807, 2.05) is 0 Å². The molecule has 2 aromatic rings. The summed E-state index contributed by atoms with van der Waals surface area (Å²) in [5, 5.41) is 8.99. The van der Waals surface area contributed by atoms with Gasteiger partial charge in [-0.1, -0.05) is 12.1 Å². The van der Waals surface area contributed by atoms with Gasteiger partial charge in [0.2, 0.25) is 5.91 Å². The summed E-state index contributed by atoms with van der Waals surface area (Å²) in [6, 6.07) is 7.77. The highest BCUT2D eigenvalue weighted by molar-refractivity contribution is 5.84. The Labute approximate surface area is 175 Å². The number of amides is 1. The molecule has 2 aromatic carbocycles. The van der Waals surface area contributed by atoms with Crippen molar-refractivity contribution in [3.63, 3.8) is 0 Å². The van der Waals surface area contributed by atoms with Crippen LogP contribution < -0.4 is 4.90 Å². The molecule has 1 atom stereocenters. The van der Waals surface area contributed by atoms with Crippen molar-refractivity contribution < 1.29 is 31.1 Å². The van der Waals surface area contributed by atoms with Gasteiger partial charge in [0, 0.05) is 26.3 Å². The number of benzene rings is 2. The predicted molar refractivity (Wildman–Crippen MR) is 102 cm³/mol. The molecule has 0 aliphatic heterocycles. The number of rotatable bonds is 5. The number of hydrogen-bond acceptors (Lipinski definition) is 3. The molecule has 2 rings (SSSR count). The van der Waals surface area contributed by atoms with E-state index in [-0.39, 0.29) is 17.8 Å². The lowest BCUT2D eigenvalue weighted by Gasteiger charge is -2.33. The van der Waals surface area contributed by atoms with Crippen LogP contribution in [0, 0.1) is 11.3 Å². The molecule has 1 unspecified atom stereocenters. The van der Waals surface area contributed by atoms with Gasteiger partial charge in [0.1, 0.15) is 6.04 Å². The molecule has 0 aliphatic rings. The number of carbonyl (C=O) groups is 1. The Kier molecular flexibility index (Phi) is 6.89. The maximum atomic E-state index is 13.4. The number of likely N-dealkylation sites (N-methyl/N-ethyl adjacent to an activating group) is 1. The van der Waals surface area contributed by atoms with Gasteiger partial charge in [0.15, 0.2) is 0 Å². The third-order valence-corrected chi connectivity index (χ3v) is 4.63. The molecule has 0 spiro atoms. The fourth-order valence-electron chi connectivity index (χ4n) is 3.04. The van der Waals surface area contributed by atoms with Crippen molar-refractivity contribution in [2.24, 2.45) is 0 Å². The molecule has 0 heterocycles. The summed E-state index contributed by atoms with van der Waals surface area (Å²) in [6.07, 6.45) is -9.42. The van der Waals surface area contributed by atoms with Crippen LogP contribution in [0.3, 0.4) is 0 Å². The smallest absolute Gasteiger partial charge is 0.355 e. The first-order valence-corrected chi connectivity index (χ1v) is 9.01. The predicted octanol–water partition coefficient (Wildman–Crippen LogP) is 5.08. The number of alkyl halides is 6. The van der Waals surface area contributed by atoms with Crippen molar-refractivity contribution in [2.45, 2.75) is 31.9 Å². The summed E-state index contributed by atoms with van der Waals surface area (Å²) in [7, 11) is 2.92. The van der Waals surface area contributed by atoms with Gasteiger partial charge in [-0.05, 0) is 42.8 Å². The third-order valence-electron chi connectivity index (χ3n) is 4.63. The number of carbonyl (C=O) groups excluding carboxylic acids is 1. The van der Waals surface area contributed by atoms with Crippen molar-refractivity contribution in [1.29, 1.82) is 5.26 Å². The number of nitrogens with zero attached hydrogens (tertiary/aromatic N) is 3. The van der Waals surface area contributed by atoms with Gasteiger partial charge in [-0.2, -0.15) is 31.6 Å². The minimum atomic E-state index is -4.82. The molecular weight excluding hydrogens is 424 g/mol. The molecule has 4 nitrogen and oxygen atoms in total. The number of halogens is 6. The van der Waals surface area contributed by atoms with Crippen LogP contribution in [0.15, 0.2) is 42.5 Å². The van der Waals surface area contributed by atoms with Gasteiger partial charge in [0.25, 0.3) is 0 Å².